The number of anilines is 1. The Bertz CT molecular complexity index is 586. The largest absolute Gasteiger partial charge is 0.378 e. The quantitative estimate of drug-likeness (QED) is 0.871. The van der Waals surface area contributed by atoms with Gasteiger partial charge in [0.1, 0.15) is 5.54 Å². The third kappa shape index (κ3) is 2.65. The van der Waals surface area contributed by atoms with Crippen molar-refractivity contribution in [1.82, 2.24) is 14.9 Å². The predicted molar refractivity (Wildman–Crippen MR) is 91.6 cm³/mol. The van der Waals surface area contributed by atoms with Crippen LogP contribution in [0.5, 0.6) is 0 Å². The number of hydrogen-bond donors (Lipinski definition) is 1. The van der Waals surface area contributed by atoms with Crippen molar-refractivity contribution in [2.45, 2.75) is 38.8 Å². The molecular weight excluding hydrogens is 306 g/mol. The molecule has 0 aromatic carbocycles. The highest BCUT2D eigenvalue weighted by atomic mass is 16.5. The van der Waals surface area contributed by atoms with E-state index in [1.807, 2.05) is 25.7 Å². The van der Waals surface area contributed by atoms with Gasteiger partial charge in [-0.15, -0.1) is 0 Å². The normalized spacial score (nSPS) is 29.2. The van der Waals surface area contributed by atoms with Crippen LogP contribution in [0.4, 0.5) is 5.95 Å². The first-order valence-electron chi connectivity index (χ1n) is 8.62. The van der Waals surface area contributed by atoms with Gasteiger partial charge in [-0.25, -0.2) is 9.97 Å². The number of piperazine rings is 1. The summed E-state index contributed by atoms with van der Waals surface area (Å²) in [7, 11) is 0. The number of hydrogen-bond acceptors (Lipinski definition) is 6. The van der Waals surface area contributed by atoms with E-state index < -0.39 is 5.54 Å². The van der Waals surface area contributed by atoms with Crippen LogP contribution in [0, 0.1) is 5.41 Å². The van der Waals surface area contributed by atoms with Crippen molar-refractivity contribution < 1.29 is 9.53 Å². The molecule has 0 bridgehead atoms. The molecule has 1 amide bonds. The Morgan fingerprint density at radius 1 is 1.29 bits per heavy atom. The minimum absolute atomic E-state index is 0.0390. The molecule has 1 saturated carbocycles. The average molecular weight is 333 g/mol. The van der Waals surface area contributed by atoms with Crippen LogP contribution in [0.25, 0.3) is 0 Å². The second-order valence-corrected chi connectivity index (χ2v) is 7.17. The molecule has 1 aliphatic heterocycles. The molecule has 2 aliphatic rings. The molecule has 1 saturated heterocycles. The van der Waals surface area contributed by atoms with Crippen LogP contribution < -0.4 is 10.6 Å². The summed E-state index contributed by atoms with van der Waals surface area (Å²) in [6.07, 6.45) is 4.11. The smallest absolute Gasteiger partial charge is 0.243 e. The second kappa shape index (κ2) is 6.29. The zero-order valence-electron chi connectivity index (χ0n) is 14.7. The maximum atomic E-state index is 13.0. The first kappa shape index (κ1) is 17.1. The Hall–Kier alpha value is -1.73. The Labute approximate surface area is 143 Å². The summed E-state index contributed by atoms with van der Waals surface area (Å²) < 4.78 is 5.73. The zero-order valence-corrected chi connectivity index (χ0v) is 14.7. The molecule has 7 heteroatoms. The Morgan fingerprint density at radius 3 is 2.46 bits per heavy atom. The van der Waals surface area contributed by atoms with Gasteiger partial charge in [0.15, 0.2) is 0 Å². The monoisotopic (exact) mass is 333 g/mol. The second-order valence-electron chi connectivity index (χ2n) is 7.17. The maximum absolute atomic E-state index is 13.0. The first-order valence-corrected chi connectivity index (χ1v) is 8.62. The molecule has 7 nitrogen and oxygen atoms in total. The summed E-state index contributed by atoms with van der Waals surface area (Å²) in [6.45, 7) is 9.41. The highest BCUT2D eigenvalue weighted by Gasteiger charge is 2.63. The van der Waals surface area contributed by atoms with E-state index in [9.17, 15) is 4.79 Å². The molecule has 1 aliphatic carbocycles. The Kier molecular flexibility index (Phi) is 4.48. The number of ether oxygens (including phenoxy) is 1. The molecule has 2 fully saturated rings. The van der Waals surface area contributed by atoms with Gasteiger partial charge < -0.3 is 20.3 Å². The molecular formula is C17H27N5O2. The average Bonchev–Trinajstić information content (AvgIpc) is 2.61. The number of nitrogens with two attached hydrogens (primary N) is 1. The highest BCUT2D eigenvalue weighted by Crippen LogP contribution is 2.50. The van der Waals surface area contributed by atoms with Gasteiger partial charge >= 0.3 is 0 Å². The maximum Gasteiger partial charge on any atom is 0.243 e. The van der Waals surface area contributed by atoms with E-state index in [1.54, 1.807) is 18.5 Å². The van der Waals surface area contributed by atoms with Gasteiger partial charge in [-0.1, -0.05) is 13.8 Å². The fraction of sp³-hybridized carbons (Fsp3) is 0.706. The summed E-state index contributed by atoms with van der Waals surface area (Å²) in [4.78, 5) is 25.5. The van der Waals surface area contributed by atoms with E-state index in [0.29, 0.717) is 32.1 Å². The number of carbonyl (C=O) groups excluding carboxylic acids is 1. The summed E-state index contributed by atoms with van der Waals surface area (Å²) >= 11 is 0. The molecule has 1 aromatic heterocycles. The Morgan fingerprint density at radius 2 is 1.92 bits per heavy atom. The SMILES string of the molecule is CCOC1CC(N)(C(=O)N2CCN(c3ncccn3)CC2)C1(C)C. The van der Waals surface area contributed by atoms with Crippen LogP contribution >= 0.6 is 0 Å². The van der Waals surface area contributed by atoms with Crippen LogP contribution in [0.15, 0.2) is 18.5 Å². The van der Waals surface area contributed by atoms with Crippen LogP contribution in [0.3, 0.4) is 0 Å². The molecule has 132 valence electrons. The third-order valence-corrected chi connectivity index (χ3v) is 5.61. The van der Waals surface area contributed by atoms with Crippen LogP contribution in [-0.2, 0) is 9.53 Å². The molecule has 2 atom stereocenters. The van der Waals surface area contributed by atoms with E-state index in [1.165, 1.54) is 0 Å². The van der Waals surface area contributed by atoms with E-state index in [2.05, 4.69) is 14.9 Å². The molecule has 24 heavy (non-hydrogen) atoms. The molecule has 0 radical (unpaired) electrons. The van der Waals surface area contributed by atoms with Crippen molar-refractivity contribution in [3.8, 4) is 0 Å². The minimum Gasteiger partial charge on any atom is -0.378 e. The van der Waals surface area contributed by atoms with Crippen molar-refractivity contribution in [1.29, 1.82) is 0 Å². The fourth-order valence-electron chi connectivity index (χ4n) is 3.64. The fourth-order valence-corrected chi connectivity index (χ4v) is 3.64. The van der Waals surface area contributed by atoms with Gasteiger partial charge in [-0.2, -0.15) is 0 Å². The van der Waals surface area contributed by atoms with Gasteiger partial charge in [0.25, 0.3) is 0 Å². The van der Waals surface area contributed by atoms with Crippen molar-refractivity contribution in [3.63, 3.8) is 0 Å². The predicted octanol–water partition coefficient (Wildman–Crippen LogP) is 0.658. The lowest BCUT2D eigenvalue weighted by atomic mass is 9.54. The number of rotatable bonds is 4. The van der Waals surface area contributed by atoms with E-state index >= 15 is 0 Å². The van der Waals surface area contributed by atoms with Crippen LogP contribution in [0.2, 0.25) is 0 Å². The van der Waals surface area contributed by atoms with Crippen molar-refractivity contribution in [2.24, 2.45) is 11.1 Å². The van der Waals surface area contributed by atoms with Crippen LogP contribution in [0.1, 0.15) is 27.2 Å². The summed E-state index contributed by atoms with van der Waals surface area (Å²) in [5.41, 5.74) is 5.33. The summed E-state index contributed by atoms with van der Waals surface area (Å²) in [6, 6.07) is 1.80. The molecule has 2 heterocycles. The third-order valence-electron chi connectivity index (χ3n) is 5.61. The van der Waals surface area contributed by atoms with E-state index in [4.69, 9.17) is 10.5 Å². The number of amides is 1. The first-order chi connectivity index (χ1) is 11.4. The van der Waals surface area contributed by atoms with Crippen molar-refractivity contribution in [2.75, 3.05) is 37.7 Å². The molecule has 2 N–H and O–H groups in total. The molecule has 3 rings (SSSR count). The number of nitrogens with zero attached hydrogens (tertiary/aromatic N) is 4. The molecule has 2 unspecified atom stereocenters. The van der Waals surface area contributed by atoms with Crippen LogP contribution in [-0.4, -0.2) is 65.2 Å². The van der Waals surface area contributed by atoms with Gasteiger partial charge in [0.2, 0.25) is 11.9 Å². The van der Waals surface area contributed by atoms with Gasteiger partial charge in [-0.05, 0) is 13.0 Å². The minimum atomic E-state index is -0.835. The topological polar surface area (TPSA) is 84.6 Å². The molecule has 0 spiro atoms. The molecule has 1 aromatic rings. The lowest BCUT2D eigenvalue weighted by molar-refractivity contribution is -0.179. The zero-order chi connectivity index (χ0) is 17.4. The summed E-state index contributed by atoms with van der Waals surface area (Å²) in [5.74, 6) is 0.754. The van der Waals surface area contributed by atoms with Crippen molar-refractivity contribution in [3.05, 3.63) is 18.5 Å². The van der Waals surface area contributed by atoms with Gasteiger partial charge in [-0.3, -0.25) is 4.79 Å². The van der Waals surface area contributed by atoms with E-state index in [-0.39, 0.29) is 17.4 Å². The Balaban J connectivity index is 1.62. The van der Waals surface area contributed by atoms with Gasteiger partial charge in [0.05, 0.1) is 6.10 Å². The van der Waals surface area contributed by atoms with Gasteiger partial charge in [0, 0.05) is 57.0 Å². The highest BCUT2D eigenvalue weighted by molar-refractivity contribution is 5.89. The number of carbonyl (C=O) groups is 1. The summed E-state index contributed by atoms with van der Waals surface area (Å²) in [5, 5.41) is 0. The standard InChI is InChI=1S/C17H27N5O2/c1-4-24-13-12-17(18,16(13,2)3)14(23)21-8-10-22(11-9-21)15-19-6-5-7-20-15/h5-7,13H,4,8-12,18H2,1-3H3. The lowest BCUT2D eigenvalue weighted by Gasteiger charge is -2.59. The van der Waals surface area contributed by atoms with Crippen molar-refractivity contribution >= 4 is 11.9 Å². The lowest BCUT2D eigenvalue weighted by Crippen LogP contribution is -2.76. The number of aromatic nitrogens is 2. The van der Waals surface area contributed by atoms with E-state index in [0.717, 1.165) is 13.1 Å².